The van der Waals surface area contributed by atoms with E-state index in [0.29, 0.717) is 22.7 Å². The average molecular weight is 518 g/mol. The van der Waals surface area contributed by atoms with Crippen molar-refractivity contribution in [3.8, 4) is 0 Å². The van der Waals surface area contributed by atoms with Crippen molar-refractivity contribution in [2.24, 2.45) is 0 Å². The molecule has 2 aliphatic rings. The van der Waals surface area contributed by atoms with E-state index >= 15 is 0 Å². The number of fused-ring (bicyclic) bond motifs is 1. The van der Waals surface area contributed by atoms with E-state index in [0.717, 1.165) is 67.5 Å². The SMILES string of the molecule is Cc1[nH]c(C=C2C(=O)Nc3ccc(Cl)cc32)c(C)c1C(=O)NCCN1CCN(Cc2ccccc2)CC1. The quantitative estimate of drug-likeness (QED) is 0.408. The van der Waals surface area contributed by atoms with Crippen molar-refractivity contribution >= 4 is 40.8 Å². The number of benzene rings is 2. The van der Waals surface area contributed by atoms with Gasteiger partial charge in [0.25, 0.3) is 11.8 Å². The number of piperazine rings is 1. The summed E-state index contributed by atoms with van der Waals surface area (Å²) in [5.74, 6) is -0.281. The number of carbonyl (C=O) groups is 2. The van der Waals surface area contributed by atoms with Crippen LogP contribution in [0, 0.1) is 13.8 Å². The summed E-state index contributed by atoms with van der Waals surface area (Å²) in [5.41, 5.74) is 6.34. The molecule has 0 aliphatic carbocycles. The molecule has 1 aromatic heterocycles. The third kappa shape index (κ3) is 5.64. The Labute approximate surface area is 222 Å². The van der Waals surface area contributed by atoms with E-state index in [9.17, 15) is 9.59 Å². The van der Waals surface area contributed by atoms with Crippen LogP contribution in [0.5, 0.6) is 0 Å². The molecular weight excluding hydrogens is 486 g/mol. The normalized spacial score (nSPS) is 17.2. The number of rotatable bonds is 7. The van der Waals surface area contributed by atoms with Gasteiger partial charge in [0.05, 0.1) is 11.1 Å². The smallest absolute Gasteiger partial charge is 0.256 e. The molecule has 2 amide bonds. The van der Waals surface area contributed by atoms with Gasteiger partial charge in [-0.2, -0.15) is 0 Å². The highest BCUT2D eigenvalue weighted by Gasteiger charge is 2.26. The molecule has 7 nitrogen and oxygen atoms in total. The molecule has 3 N–H and O–H groups in total. The minimum atomic E-state index is -0.182. The number of nitrogens with one attached hydrogen (secondary N) is 3. The summed E-state index contributed by atoms with van der Waals surface area (Å²) in [7, 11) is 0. The minimum Gasteiger partial charge on any atom is -0.358 e. The van der Waals surface area contributed by atoms with E-state index < -0.39 is 0 Å². The number of nitrogens with zero attached hydrogens (tertiary/aromatic N) is 2. The standard InChI is InChI=1S/C29H32ClN5O2/c1-19-26(17-24-23-16-22(30)8-9-25(23)33-28(24)36)32-20(2)27(19)29(37)31-10-11-34-12-14-35(15-13-34)18-21-6-4-3-5-7-21/h3-9,16-17,32H,10-15,18H2,1-2H3,(H,31,37)(H,33,36). The average Bonchev–Trinajstić information content (AvgIpc) is 3.35. The van der Waals surface area contributed by atoms with Crippen LogP contribution >= 0.6 is 11.6 Å². The summed E-state index contributed by atoms with van der Waals surface area (Å²) in [6.07, 6.45) is 1.80. The molecule has 3 heterocycles. The molecule has 0 atom stereocenters. The van der Waals surface area contributed by atoms with Gasteiger partial charge in [-0.25, -0.2) is 0 Å². The highest BCUT2D eigenvalue weighted by Crippen LogP contribution is 2.35. The summed E-state index contributed by atoms with van der Waals surface area (Å²) in [6, 6.07) is 15.9. The van der Waals surface area contributed by atoms with E-state index in [2.05, 4.69) is 49.7 Å². The maximum absolute atomic E-state index is 13.1. The van der Waals surface area contributed by atoms with Crippen molar-refractivity contribution in [1.29, 1.82) is 0 Å². The van der Waals surface area contributed by atoms with Crippen molar-refractivity contribution in [1.82, 2.24) is 20.1 Å². The van der Waals surface area contributed by atoms with Crippen molar-refractivity contribution in [2.75, 3.05) is 44.6 Å². The number of hydrogen-bond donors (Lipinski definition) is 3. The number of hydrogen-bond acceptors (Lipinski definition) is 4. The Kier molecular flexibility index (Phi) is 7.46. The predicted molar refractivity (Wildman–Crippen MR) is 149 cm³/mol. The van der Waals surface area contributed by atoms with Crippen LogP contribution in [-0.4, -0.2) is 65.9 Å². The molecule has 8 heteroatoms. The first kappa shape index (κ1) is 25.3. The van der Waals surface area contributed by atoms with Crippen molar-refractivity contribution in [3.63, 3.8) is 0 Å². The second kappa shape index (κ2) is 10.9. The second-order valence-electron chi connectivity index (χ2n) is 9.73. The second-order valence-corrected chi connectivity index (χ2v) is 10.2. The lowest BCUT2D eigenvalue weighted by atomic mass is 10.0. The predicted octanol–water partition coefficient (Wildman–Crippen LogP) is 4.33. The first-order chi connectivity index (χ1) is 17.9. The van der Waals surface area contributed by atoms with E-state index in [1.54, 1.807) is 24.3 Å². The number of halogens is 1. The fourth-order valence-electron chi connectivity index (χ4n) is 5.14. The number of anilines is 1. The molecule has 2 aromatic carbocycles. The molecule has 1 saturated heterocycles. The van der Waals surface area contributed by atoms with Crippen LogP contribution in [0.4, 0.5) is 5.69 Å². The van der Waals surface area contributed by atoms with Gasteiger partial charge in [-0.1, -0.05) is 41.9 Å². The fraction of sp³-hybridized carbons (Fsp3) is 0.310. The Hall–Kier alpha value is -3.39. The molecular formula is C29H32ClN5O2. The molecule has 0 radical (unpaired) electrons. The van der Waals surface area contributed by atoms with E-state index in [-0.39, 0.29) is 11.8 Å². The highest BCUT2D eigenvalue weighted by molar-refractivity contribution is 6.36. The van der Waals surface area contributed by atoms with Crippen molar-refractivity contribution in [3.05, 3.63) is 87.2 Å². The zero-order chi connectivity index (χ0) is 25.9. The molecule has 37 heavy (non-hydrogen) atoms. The van der Waals surface area contributed by atoms with Gasteiger partial charge >= 0.3 is 0 Å². The number of carbonyl (C=O) groups excluding carboxylic acids is 2. The zero-order valence-corrected chi connectivity index (χ0v) is 22.0. The Morgan fingerprint density at radius 1 is 1.05 bits per heavy atom. The maximum Gasteiger partial charge on any atom is 0.256 e. The largest absolute Gasteiger partial charge is 0.358 e. The molecule has 1 fully saturated rings. The van der Waals surface area contributed by atoms with Crippen molar-refractivity contribution < 1.29 is 9.59 Å². The molecule has 3 aromatic rings. The Bertz CT molecular complexity index is 1340. The van der Waals surface area contributed by atoms with Crippen LogP contribution in [0.25, 0.3) is 11.6 Å². The van der Waals surface area contributed by atoms with Gasteiger partial charge in [0.15, 0.2) is 0 Å². The Balaban J connectivity index is 1.17. The Morgan fingerprint density at radius 2 is 1.78 bits per heavy atom. The molecule has 0 bridgehead atoms. The van der Waals surface area contributed by atoms with Crippen LogP contribution in [-0.2, 0) is 11.3 Å². The highest BCUT2D eigenvalue weighted by atomic mass is 35.5. The first-order valence-corrected chi connectivity index (χ1v) is 13.1. The van der Waals surface area contributed by atoms with Gasteiger partial charge < -0.3 is 15.6 Å². The molecule has 192 valence electrons. The van der Waals surface area contributed by atoms with Gasteiger partial charge in [-0.05, 0) is 49.2 Å². The van der Waals surface area contributed by atoms with Crippen LogP contribution in [0.2, 0.25) is 5.02 Å². The van der Waals surface area contributed by atoms with Crippen LogP contribution in [0.15, 0.2) is 48.5 Å². The van der Waals surface area contributed by atoms with Gasteiger partial charge in [0, 0.05) is 73.5 Å². The number of amides is 2. The van der Waals surface area contributed by atoms with E-state index in [1.807, 2.05) is 19.9 Å². The third-order valence-electron chi connectivity index (χ3n) is 7.18. The summed E-state index contributed by atoms with van der Waals surface area (Å²) in [5, 5.41) is 6.52. The molecule has 2 aliphatic heterocycles. The zero-order valence-electron chi connectivity index (χ0n) is 21.2. The van der Waals surface area contributed by atoms with Gasteiger partial charge in [0.2, 0.25) is 0 Å². The molecule has 5 rings (SSSR count). The monoisotopic (exact) mass is 517 g/mol. The number of aryl methyl sites for hydroxylation is 1. The summed E-state index contributed by atoms with van der Waals surface area (Å²) in [4.78, 5) is 33.8. The number of H-pyrrole nitrogens is 1. The van der Waals surface area contributed by atoms with Crippen LogP contribution < -0.4 is 10.6 Å². The fourth-order valence-corrected chi connectivity index (χ4v) is 5.31. The molecule has 0 saturated carbocycles. The summed E-state index contributed by atoms with van der Waals surface area (Å²) >= 11 is 6.15. The molecule has 0 spiro atoms. The summed E-state index contributed by atoms with van der Waals surface area (Å²) in [6.45, 7) is 10.2. The van der Waals surface area contributed by atoms with Gasteiger partial charge in [-0.15, -0.1) is 0 Å². The van der Waals surface area contributed by atoms with Gasteiger partial charge in [0.1, 0.15) is 0 Å². The Morgan fingerprint density at radius 3 is 2.54 bits per heavy atom. The lowest BCUT2D eigenvalue weighted by Gasteiger charge is -2.34. The topological polar surface area (TPSA) is 80.5 Å². The lowest BCUT2D eigenvalue weighted by Crippen LogP contribution is -2.48. The summed E-state index contributed by atoms with van der Waals surface area (Å²) < 4.78 is 0. The third-order valence-corrected chi connectivity index (χ3v) is 7.42. The minimum absolute atomic E-state index is 0.0991. The van der Waals surface area contributed by atoms with Gasteiger partial charge in [-0.3, -0.25) is 19.4 Å². The van der Waals surface area contributed by atoms with Crippen molar-refractivity contribution in [2.45, 2.75) is 20.4 Å². The van der Waals surface area contributed by atoms with E-state index in [1.165, 1.54) is 5.56 Å². The molecule has 0 unspecified atom stereocenters. The first-order valence-electron chi connectivity index (χ1n) is 12.7. The lowest BCUT2D eigenvalue weighted by molar-refractivity contribution is -0.110. The van der Waals surface area contributed by atoms with Crippen LogP contribution in [0.3, 0.4) is 0 Å². The maximum atomic E-state index is 13.1. The van der Waals surface area contributed by atoms with E-state index in [4.69, 9.17) is 11.6 Å². The number of aromatic amines is 1. The van der Waals surface area contributed by atoms with Crippen LogP contribution in [0.1, 0.15) is 38.4 Å². The number of aromatic nitrogens is 1.